The van der Waals surface area contributed by atoms with E-state index in [1.807, 2.05) is 37.3 Å². The molecule has 2 aromatic rings. The third-order valence-electron chi connectivity index (χ3n) is 2.85. The number of anilines is 1. The van der Waals surface area contributed by atoms with E-state index in [0.29, 0.717) is 6.42 Å². The fourth-order valence-corrected chi connectivity index (χ4v) is 2.18. The number of halogens is 1. The number of ether oxygens (including phenoxy) is 1. The quantitative estimate of drug-likeness (QED) is 0.872. The zero-order valence-electron chi connectivity index (χ0n) is 11.3. The minimum Gasteiger partial charge on any atom is -0.497 e. The lowest BCUT2D eigenvalue weighted by Crippen LogP contribution is -2.15. The molecule has 5 heteroatoms. The van der Waals surface area contributed by atoms with Gasteiger partial charge < -0.3 is 10.1 Å². The average Bonchev–Trinajstić information content (AvgIpc) is 2.43. The predicted molar refractivity (Wildman–Crippen MR) is 82.0 cm³/mol. The number of carbonyl (C=O) groups is 1. The maximum Gasteiger partial charge on any atom is 0.228 e. The molecule has 1 heterocycles. The van der Waals surface area contributed by atoms with Crippen molar-refractivity contribution in [1.29, 1.82) is 0 Å². The molecule has 0 spiro atoms. The Morgan fingerprint density at radius 3 is 2.55 bits per heavy atom. The first-order valence-corrected chi connectivity index (χ1v) is 6.93. The van der Waals surface area contributed by atoms with E-state index in [0.717, 1.165) is 27.3 Å². The van der Waals surface area contributed by atoms with E-state index < -0.39 is 0 Å². The first kappa shape index (κ1) is 14.5. The lowest BCUT2D eigenvalue weighted by atomic mass is 10.1. The van der Waals surface area contributed by atoms with Crippen LogP contribution in [-0.2, 0) is 11.2 Å². The van der Waals surface area contributed by atoms with Gasteiger partial charge in [0.25, 0.3) is 0 Å². The topological polar surface area (TPSA) is 51.2 Å². The van der Waals surface area contributed by atoms with Gasteiger partial charge in [-0.3, -0.25) is 4.79 Å². The summed E-state index contributed by atoms with van der Waals surface area (Å²) in [6.07, 6.45) is 0.319. The summed E-state index contributed by atoms with van der Waals surface area (Å²) in [5, 5.41) is 2.86. The maximum atomic E-state index is 12.0. The number of benzene rings is 1. The SMILES string of the molecule is COc1ccc(CC(=O)Nc2ccc(Br)nc2C)cc1. The minimum absolute atomic E-state index is 0.0672. The summed E-state index contributed by atoms with van der Waals surface area (Å²) < 4.78 is 5.84. The molecular formula is C15H15BrN2O2. The Labute approximate surface area is 126 Å². The van der Waals surface area contributed by atoms with Gasteiger partial charge >= 0.3 is 0 Å². The van der Waals surface area contributed by atoms with Gasteiger partial charge in [-0.1, -0.05) is 12.1 Å². The van der Waals surface area contributed by atoms with E-state index in [1.165, 1.54) is 0 Å². The number of amides is 1. The van der Waals surface area contributed by atoms with Gasteiger partial charge in [0.2, 0.25) is 5.91 Å². The summed E-state index contributed by atoms with van der Waals surface area (Å²) in [5.74, 6) is 0.713. The highest BCUT2D eigenvalue weighted by Crippen LogP contribution is 2.17. The molecule has 2 rings (SSSR count). The Hall–Kier alpha value is -1.88. The average molecular weight is 335 g/mol. The van der Waals surface area contributed by atoms with Crippen molar-refractivity contribution in [3.63, 3.8) is 0 Å². The molecule has 20 heavy (non-hydrogen) atoms. The van der Waals surface area contributed by atoms with Gasteiger partial charge in [0, 0.05) is 0 Å². The number of aromatic nitrogens is 1. The van der Waals surface area contributed by atoms with E-state index in [4.69, 9.17) is 4.74 Å². The highest BCUT2D eigenvalue weighted by atomic mass is 79.9. The van der Waals surface area contributed by atoms with E-state index in [2.05, 4.69) is 26.2 Å². The maximum absolute atomic E-state index is 12.0. The van der Waals surface area contributed by atoms with Gasteiger partial charge in [-0.25, -0.2) is 4.98 Å². The van der Waals surface area contributed by atoms with Crippen molar-refractivity contribution in [3.05, 3.63) is 52.3 Å². The van der Waals surface area contributed by atoms with Gasteiger partial charge in [0.15, 0.2) is 0 Å². The molecule has 0 aliphatic rings. The fourth-order valence-electron chi connectivity index (χ4n) is 1.79. The second kappa shape index (κ2) is 6.52. The molecular weight excluding hydrogens is 320 g/mol. The summed E-state index contributed by atoms with van der Waals surface area (Å²) in [6, 6.07) is 11.1. The van der Waals surface area contributed by atoms with Crippen molar-refractivity contribution in [1.82, 2.24) is 4.98 Å². The highest BCUT2D eigenvalue weighted by Gasteiger charge is 2.07. The van der Waals surface area contributed by atoms with Crippen LogP contribution >= 0.6 is 15.9 Å². The van der Waals surface area contributed by atoms with Crippen molar-refractivity contribution < 1.29 is 9.53 Å². The normalized spacial score (nSPS) is 10.2. The first-order chi connectivity index (χ1) is 9.58. The Balaban J connectivity index is 2.01. The number of nitrogens with one attached hydrogen (secondary N) is 1. The molecule has 104 valence electrons. The van der Waals surface area contributed by atoms with Crippen LogP contribution in [0.4, 0.5) is 5.69 Å². The number of methoxy groups -OCH3 is 1. The van der Waals surface area contributed by atoms with Crippen LogP contribution < -0.4 is 10.1 Å². The summed E-state index contributed by atoms with van der Waals surface area (Å²) in [4.78, 5) is 16.2. The van der Waals surface area contributed by atoms with E-state index in [9.17, 15) is 4.79 Å². The molecule has 1 amide bonds. The van der Waals surface area contributed by atoms with Crippen LogP contribution in [0.2, 0.25) is 0 Å². The number of hydrogen-bond acceptors (Lipinski definition) is 3. The van der Waals surface area contributed by atoms with E-state index in [-0.39, 0.29) is 5.91 Å². The molecule has 0 fully saturated rings. The predicted octanol–water partition coefficient (Wildman–Crippen LogP) is 3.34. The number of hydrogen-bond donors (Lipinski definition) is 1. The van der Waals surface area contributed by atoms with Gasteiger partial charge in [-0.2, -0.15) is 0 Å². The molecule has 0 aliphatic heterocycles. The van der Waals surface area contributed by atoms with Crippen molar-refractivity contribution in [2.45, 2.75) is 13.3 Å². The standard InChI is InChI=1S/C15H15BrN2O2/c1-10-13(7-8-14(16)17-10)18-15(19)9-11-3-5-12(20-2)6-4-11/h3-8H,9H2,1-2H3,(H,18,19). The van der Waals surface area contributed by atoms with Crippen molar-refractivity contribution >= 4 is 27.5 Å². The van der Waals surface area contributed by atoms with Crippen LogP contribution in [-0.4, -0.2) is 18.0 Å². The van der Waals surface area contributed by atoms with E-state index in [1.54, 1.807) is 13.2 Å². The number of aryl methyl sites for hydroxylation is 1. The Kier molecular flexibility index (Phi) is 4.74. The molecule has 0 radical (unpaired) electrons. The zero-order valence-corrected chi connectivity index (χ0v) is 12.9. The third-order valence-corrected chi connectivity index (χ3v) is 3.29. The second-order valence-electron chi connectivity index (χ2n) is 4.34. The van der Waals surface area contributed by atoms with Crippen LogP contribution in [0.5, 0.6) is 5.75 Å². The molecule has 0 saturated carbocycles. The first-order valence-electron chi connectivity index (χ1n) is 6.14. The zero-order chi connectivity index (χ0) is 14.5. The van der Waals surface area contributed by atoms with Gasteiger partial charge in [-0.05, 0) is 52.7 Å². The summed E-state index contributed by atoms with van der Waals surface area (Å²) in [6.45, 7) is 1.85. The van der Waals surface area contributed by atoms with Gasteiger partial charge in [0.1, 0.15) is 10.4 Å². The highest BCUT2D eigenvalue weighted by molar-refractivity contribution is 9.10. The minimum atomic E-state index is -0.0672. The third kappa shape index (κ3) is 3.81. The Morgan fingerprint density at radius 1 is 1.25 bits per heavy atom. The molecule has 0 unspecified atom stereocenters. The lowest BCUT2D eigenvalue weighted by molar-refractivity contribution is -0.115. The van der Waals surface area contributed by atoms with Crippen molar-refractivity contribution in [2.24, 2.45) is 0 Å². The number of carbonyl (C=O) groups excluding carboxylic acids is 1. The van der Waals surface area contributed by atoms with Crippen LogP contribution in [0.15, 0.2) is 41.0 Å². The van der Waals surface area contributed by atoms with Crippen molar-refractivity contribution in [2.75, 3.05) is 12.4 Å². The summed E-state index contributed by atoms with van der Waals surface area (Å²) >= 11 is 3.29. The second-order valence-corrected chi connectivity index (χ2v) is 5.15. The van der Waals surface area contributed by atoms with Crippen LogP contribution in [0, 0.1) is 6.92 Å². The van der Waals surface area contributed by atoms with Gasteiger partial charge in [-0.15, -0.1) is 0 Å². The van der Waals surface area contributed by atoms with Gasteiger partial charge in [0.05, 0.1) is 24.9 Å². The monoisotopic (exact) mass is 334 g/mol. The molecule has 1 aromatic carbocycles. The fraction of sp³-hybridized carbons (Fsp3) is 0.200. The lowest BCUT2D eigenvalue weighted by Gasteiger charge is -2.08. The molecule has 1 N–H and O–H groups in total. The van der Waals surface area contributed by atoms with Crippen LogP contribution in [0.25, 0.3) is 0 Å². The van der Waals surface area contributed by atoms with Crippen molar-refractivity contribution in [3.8, 4) is 5.75 Å². The Bertz CT molecular complexity index is 612. The smallest absolute Gasteiger partial charge is 0.228 e. The molecule has 1 aromatic heterocycles. The number of nitrogens with zero attached hydrogens (tertiary/aromatic N) is 1. The number of rotatable bonds is 4. The molecule has 0 aliphatic carbocycles. The van der Waals surface area contributed by atoms with Crippen LogP contribution in [0.1, 0.15) is 11.3 Å². The molecule has 0 atom stereocenters. The van der Waals surface area contributed by atoms with E-state index >= 15 is 0 Å². The molecule has 0 saturated heterocycles. The van der Waals surface area contributed by atoms with Crippen LogP contribution in [0.3, 0.4) is 0 Å². The largest absolute Gasteiger partial charge is 0.497 e. The number of pyridine rings is 1. The Morgan fingerprint density at radius 2 is 1.95 bits per heavy atom. The summed E-state index contributed by atoms with van der Waals surface area (Å²) in [7, 11) is 1.62. The molecule has 4 nitrogen and oxygen atoms in total. The summed E-state index contributed by atoms with van der Waals surface area (Å²) in [5.41, 5.74) is 2.44. The molecule has 0 bridgehead atoms.